The van der Waals surface area contributed by atoms with E-state index < -0.39 is 0 Å². The van der Waals surface area contributed by atoms with Gasteiger partial charge in [-0.3, -0.25) is 4.79 Å². The van der Waals surface area contributed by atoms with Gasteiger partial charge in [0.1, 0.15) is 5.60 Å². The Morgan fingerprint density at radius 2 is 2.17 bits per heavy atom. The van der Waals surface area contributed by atoms with Crippen molar-refractivity contribution >= 4 is 5.91 Å². The van der Waals surface area contributed by atoms with E-state index in [4.69, 9.17) is 14.0 Å². The molecule has 30 heavy (non-hydrogen) atoms. The van der Waals surface area contributed by atoms with Crippen LogP contribution in [0.3, 0.4) is 0 Å². The molecule has 1 atom stereocenters. The Balaban J connectivity index is 1.16. The molecule has 0 unspecified atom stereocenters. The van der Waals surface area contributed by atoms with Gasteiger partial charge in [-0.25, -0.2) is 0 Å². The van der Waals surface area contributed by atoms with Crippen molar-refractivity contribution in [2.24, 2.45) is 5.92 Å². The number of carbonyl (C=O) groups is 1. The summed E-state index contributed by atoms with van der Waals surface area (Å²) in [6, 6.07) is 5.89. The number of hydrogen-bond acceptors (Lipinski definition) is 6. The number of carbonyl (C=O) groups excluding carboxylic acids is 1. The van der Waals surface area contributed by atoms with Crippen LogP contribution in [-0.4, -0.2) is 46.2 Å². The molecule has 1 amide bonds. The van der Waals surface area contributed by atoms with Crippen LogP contribution in [0.25, 0.3) is 0 Å². The van der Waals surface area contributed by atoms with E-state index in [1.54, 1.807) is 0 Å². The maximum Gasteiger partial charge on any atom is 0.260 e. The minimum Gasteiger partial charge on any atom is -0.483 e. The molecule has 2 fully saturated rings. The zero-order valence-corrected chi connectivity index (χ0v) is 17.7. The molecule has 3 aliphatic rings. The number of hydrogen-bond donors (Lipinski definition) is 0. The Labute approximate surface area is 176 Å². The molecule has 0 spiro atoms. The lowest BCUT2D eigenvalue weighted by molar-refractivity contribution is -0.135. The third-order valence-electron chi connectivity index (χ3n) is 6.17. The maximum absolute atomic E-state index is 12.8. The van der Waals surface area contributed by atoms with E-state index in [1.807, 2.05) is 17.0 Å². The largest absolute Gasteiger partial charge is 0.483 e. The lowest BCUT2D eigenvalue weighted by Gasteiger charge is -2.32. The number of piperidine rings is 1. The van der Waals surface area contributed by atoms with Gasteiger partial charge in [-0.2, -0.15) is 4.98 Å². The Morgan fingerprint density at radius 1 is 1.30 bits per heavy atom. The quantitative estimate of drug-likeness (QED) is 0.724. The molecule has 2 aliphatic heterocycles. The number of para-hydroxylation sites is 1. The van der Waals surface area contributed by atoms with Gasteiger partial charge in [-0.1, -0.05) is 17.3 Å². The number of amides is 1. The number of likely N-dealkylation sites (tertiary alicyclic amines) is 1. The fourth-order valence-electron chi connectivity index (χ4n) is 4.50. The van der Waals surface area contributed by atoms with Crippen LogP contribution in [-0.2, 0) is 17.6 Å². The normalized spacial score (nSPS) is 22.5. The molecule has 1 saturated heterocycles. The van der Waals surface area contributed by atoms with Gasteiger partial charge in [-0.05, 0) is 51.5 Å². The third-order valence-corrected chi connectivity index (χ3v) is 6.17. The predicted molar refractivity (Wildman–Crippen MR) is 110 cm³/mol. The second-order valence-corrected chi connectivity index (χ2v) is 9.44. The van der Waals surface area contributed by atoms with Crippen molar-refractivity contribution in [3.8, 4) is 11.5 Å². The Bertz CT molecular complexity index is 934. The standard InChI is InChI=1S/C23H29N3O4/c1-23(2)12-17-6-3-7-18(21(17)29-23)28-14-20(27)26-10-4-5-15(13-26)11-19-24-22(25-30-19)16-8-9-16/h3,6-7,15-16H,4-5,8-14H2,1-2H3/t15-/m0/s1. The van der Waals surface area contributed by atoms with Crippen molar-refractivity contribution in [1.29, 1.82) is 0 Å². The second-order valence-electron chi connectivity index (χ2n) is 9.44. The van der Waals surface area contributed by atoms with Crippen LogP contribution < -0.4 is 9.47 Å². The summed E-state index contributed by atoms with van der Waals surface area (Å²) < 4.78 is 17.4. The van der Waals surface area contributed by atoms with Crippen molar-refractivity contribution in [2.75, 3.05) is 19.7 Å². The molecule has 0 N–H and O–H groups in total. The summed E-state index contributed by atoms with van der Waals surface area (Å²) in [6.07, 6.45) is 5.97. The highest BCUT2D eigenvalue weighted by Gasteiger charge is 2.33. The number of aromatic nitrogens is 2. The second kappa shape index (κ2) is 7.60. The van der Waals surface area contributed by atoms with Gasteiger partial charge in [-0.15, -0.1) is 0 Å². The van der Waals surface area contributed by atoms with Crippen LogP contribution in [0.15, 0.2) is 22.7 Å². The Hall–Kier alpha value is -2.57. The van der Waals surface area contributed by atoms with E-state index in [0.717, 1.165) is 62.2 Å². The first kappa shape index (κ1) is 19.4. The summed E-state index contributed by atoms with van der Waals surface area (Å²) >= 11 is 0. The maximum atomic E-state index is 12.8. The van der Waals surface area contributed by atoms with Crippen molar-refractivity contribution in [1.82, 2.24) is 15.0 Å². The lowest BCUT2D eigenvalue weighted by Crippen LogP contribution is -2.42. The molecular weight excluding hydrogens is 382 g/mol. The molecule has 1 aliphatic carbocycles. The first-order valence-electron chi connectivity index (χ1n) is 11.0. The molecular formula is C23H29N3O4. The van der Waals surface area contributed by atoms with Crippen LogP contribution >= 0.6 is 0 Å². The number of rotatable bonds is 6. The number of benzene rings is 1. The first-order valence-corrected chi connectivity index (χ1v) is 11.0. The van der Waals surface area contributed by atoms with Crippen molar-refractivity contribution in [3.05, 3.63) is 35.5 Å². The summed E-state index contributed by atoms with van der Waals surface area (Å²) in [4.78, 5) is 19.2. The van der Waals surface area contributed by atoms with E-state index in [0.29, 0.717) is 30.0 Å². The van der Waals surface area contributed by atoms with Crippen LogP contribution in [0.2, 0.25) is 0 Å². The average Bonchev–Trinajstić information content (AvgIpc) is 3.38. The minimum atomic E-state index is -0.236. The lowest BCUT2D eigenvalue weighted by atomic mass is 9.95. The van der Waals surface area contributed by atoms with Gasteiger partial charge in [0, 0.05) is 37.4 Å². The fourth-order valence-corrected chi connectivity index (χ4v) is 4.50. The summed E-state index contributed by atoms with van der Waals surface area (Å²) in [5, 5.41) is 4.10. The summed E-state index contributed by atoms with van der Waals surface area (Å²) in [5.74, 6) is 3.83. The highest BCUT2D eigenvalue weighted by atomic mass is 16.5. The summed E-state index contributed by atoms with van der Waals surface area (Å²) in [7, 11) is 0. The van der Waals surface area contributed by atoms with E-state index in [9.17, 15) is 4.79 Å². The van der Waals surface area contributed by atoms with E-state index >= 15 is 0 Å². The van der Waals surface area contributed by atoms with Crippen molar-refractivity contribution in [2.45, 2.75) is 63.9 Å². The number of nitrogens with zero attached hydrogens (tertiary/aromatic N) is 3. The van der Waals surface area contributed by atoms with E-state index in [2.05, 4.69) is 30.1 Å². The summed E-state index contributed by atoms with van der Waals surface area (Å²) in [6.45, 7) is 5.63. The van der Waals surface area contributed by atoms with Gasteiger partial charge >= 0.3 is 0 Å². The highest BCUT2D eigenvalue weighted by Crippen LogP contribution is 2.42. The predicted octanol–water partition coefficient (Wildman–Crippen LogP) is 3.52. The van der Waals surface area contributed by atoms with Crippen molar-refractivity contribution in [3.63, 3.8) is 0 Å². The molecule has 0 radical (unpaired) electrons. The first-order chi connectivity index (χ1) is 14.5. The van der Waals surface area contributed by atoms with Gasteiger partial charge in [0.25, 0.3) is 5.91 Å². The van der Waals surface area contributed by atoms with E-state index in [1.165, 1.54) is 0 Å². The van der Waals surface area contributed by atoms with Gasteiger partial charge in [0.2, 0.25) is 5.89 Å². The van der Waals surface area contributed by atoms with Crippen LogP contribution in [0.1, 0.15) is 62.7 Å². The highest BCUT2D eigenvalue weighted by molar-refractivity contribution is 5.78. The van der Waals surface area contributed by atoms with Crippen LogP contribution in [0.5, 0.6) is 11.5 Å². The SMILES string of the molecule is CC1(C)Cc2cccc(OCC(=O)N3CCC[C@@H](Cc4nc(C5CC5)no4)C3)c2O1. The Kier molecular flexibility index (Phi) is 4.91. The molecule has 160 valence electrons. The summed E-state index contributed by atoms with van der Waals surface area (Å²) in [5.41, 5.74) is 0.896. The molecule has 1 aromatic carbocycles. The molecule has 3 heterocycles. The molecule has 1 aromatic heterocycles. The van der Waals surface area contributed by atoms with Crippen molar-refractivity contribution < 1.29 is 18.8 Å². The average molecular weight is 412 g/mol. The number of ether oxygens (including phenoxy) is 2. The van der Waals surface area contributed by atoms with Crippen LogP contribution in [0.4, 0.5) is 0 Å². The molecule has 5 rings (SSSR count). The molecule has 1 saturated carbocycles. The topological polar surface area (TPSA) is 77.7 Å². The van der Waals surface area contributed by atoms with Gasteiger partial charge < -0.3 is 18.9 Å². The Morgan fingerprint density at radius 3 is 3.00 bits per heavy atom. The molecule has 7 heteroatoms. The zero-order valence-electron chi connectivity index (χ0n) is 17.7. The molecule has 0 bridgehead atoms. The smallest absolute Gasteiger partial charge is 0.260 e. The van der Waals surface area contributed by atoms with Crippen LogP contribution in [0, 0.1) is 5.92 Å². The fraction of sp³-hybridized carbons (Fsp3) is 0.609. The van der Waals surface area contributed by atoms with Gasteiger partial charge in [0.05, 0.1) is 0 Å². The molecule has 2 aromatic rings. The monoisotopic (exact) mass is 411 g/mol. The van der Waals surface area contributed by atoms with E-state index in [-0.39, 0.29) is 18.1 Å². The zero-order chi connectivity index (χ0) is 20.7. The molecule has 7 nitrogen and oxygen atoms in total. The minimum absolute atomic E-state index is 0.0127. The third kappa shape index (κ3) is 4.16. The van der Waals surface area contributed by atoms with Gasteiger partial charge in [0.15, 0.2) is 23.9 Å². The number of fused-ring (bicyclic) bond motifs is 1.